The number of likely N-dealkylation sites (tertiary alicyclic amines) is 1. The molecule has 1 fully saturated rings. The van der Waals surface area contributed by atoms with Crippen LogP contribution in [0.3, 0.4) is 0 Å². The van der Waals surface area contributed by atoms with Crippen LogP contribution in [0.4, 0.5) is 4.79 Å². The highest BCUT2D eigenvalue weighted by Crippen LogP contribution is 2.15. The van der Waals surface area contributed by atoms with Gasteiger partial charge in [0.2, 0.25) is 0 Å². The lowest BCUT2D eigenvalue weighted by Gasteiger charge is -2.23. The topological polar surface area (TPSA) is 78.9 Å². The van der Waals surface area contributed by atoms with E-state index in [9.17, 15) is 4.79 Å². The van der Waals surface area contributed by atoms with Gasteiger partial charge < -0.3 is 20.3 Å². The van der Waals surface area contributed by atoms with Crippen molar-refractivity contribution in [2.45, 2.75) is 65.6 Å². The first-order valence-corrected chi connectivity index (χ1v) is 10.1. The largest absolute Gasteiger partial charge is 0.444 e. The highest BCUT2D eigenvalue weighted by molar-refractivity contribution is 7.11. The van der Waals surface area contributed by atoms with Gasteiger partial charge in [0, 0.05) is 30.7 Å². The van der Waals surface area contributed by atoms with Crippen molar-refractivity contribution in [3.63, 3.8) is 0 Å². The van der Waals surface area contributed by atoms with Crippen LogP contribution in [0.1, 0.15) is 50.9 Å². The molecule has 1 aliphatic rings. The summed E-state index contributed by atoms with van der Waals surface area (Å²) < 4.78 is 5.34. The van der Waals surface area contributed by atoms with Crippen LogP contribution in [0.2, 0.25) is 0 Å². The average Bonchev–Trinajstić information content (AvgIpc) is 3.18. The highest BCUT2D eigenvalue weighted by atomic mass is 32.1. The van der Waals surface area contributed by atoms with Crippen molar-refractivity contribution >= 4 is 23.4 Å². The van der Waals surface area contributed by atoms with E-state index in [0.717, 1.165) is 43.4 Å². The van der Waals surface area contributed by atoms with E-state index in [0.29, 0.717) is 6.54 Å². The van der Waals surface area contributed by atoms with Crippen molar-refractivity contribution in [3.05, 3.63) is 16.1 Å². The molecule has 2 rings (SSSR count). The van der Waals surface area contributed by atoms with E-state index in [1.165, 1.54) is 4.88 Å². The summed E-state index contributed by atoms with van der Waals surface area (Å²) in [5.74, 6) is 0.870. The number of thiazole rings is 1. The fourth-order valence-electron chi connectivity index (χ4n) is 2.70. The first kappa shape index (κ1) is 20.5. The van der Waals surface area contributed by atoms with Gasteiger partial charge in [0.05, 0.1) is 12.6 Å². The summed E-state index contributed by atoms with van der Waals surface area (Å²) in [5, 5.41) is 7.32. The summed E-state index contributed by atoms with van der Waals surface area (Å²) in [6.45, 7) is 12.7. The minimum Gasteiger partial charge on any atom is -0.444 e. The van der Waals surface area contributed by atoms with Crippen molar-refractivity contribution in [1.29, 1.82) is 0 Å². The molecule has 7 nitrogen and oxygen atoms in total. The Morgan fingerprint density at radius 2 is 2.23 bits per heavy atom. The fraction of sp³-hybridized carbons (Fsp3) is 0.722. The van der Waals surface area contributed by atoms with Crippen LogP contribution in [-0.2, 0) is 17.7 Å². The Hall–Kier alpha value is -1.83. The molecule has 1 saturated heterocycles. The minimum atomic E-state index is -0.482. The molecule has 2 heterocycles. The lowest BCUT2D eigenvalue weighted by molar-refractivity contribution is 0.0507. The number of hydrogen-bond acceptors (Lipinski definition) is 5. The molecule has 2 N–H and O–H groups in total. The molecule has 1 aromatic heterocycles. The van der Waals surface area contributed by atoms with Gasteiger partial charge in [0.15, 0.2) is 5.96 Å². The van der Waals surface area contributed by atoms with Gasteiger partial charge in [-0.05, 0) is 40.5 Å². The van der Waals surface area contributed by atoms with Gasteiger partial charge in [-0.15, -0.1) is 11.3 Å². The molecule has 26 heavy (non-hydrogen) atoms. The van der Waals surface area contributed by atoms with Gasteiger partial charge >= 0.3 is 6.09 Å². The lowest BCUT2D eigenvalue weighted by Crippen LogP contribution is -2.44. The predicted octanol–water partition coefficient (Wildman–Crippen LogP) is 2.77. The van der Waals surface area contributed by atoms with Crippen LogP contribution in [0.5, 0.6) is 0 Å². The number of alkyl carbamates (subject to hydrolysis) is 1. The number of hydrogen-bond donors (Lipinski definition) is 2. The molecular formula is C18H31N5O2S. The first-order valence-electron chi connectivity index (χ1n) is 9.27. The van der Waals surface area contributed by atoms with Crippen molar-refractivity contribution in [3.8, 4) is 0 Å². The molecule has 1 aromatic rings. The lowest BCUT2D eigenvalue weighted by atomic mass is 10.2. The van der Waals surface area contributed by atoms with E-state index in [2.05, 4.69) is 34.4 Å². The fourth-order valence-corrected chi connectivity index (χ4v) is 3.48. The third-order valence-electron chi connectivity index (χ3n) is 3.86. The van der Waals surface area contributed by atoms with Gasteiger partial charge in [-0.25, -0.2) is 14.8 Å². The number of aryl methyl sites for hydroxylation is 1. The van der Waals surface area contributed by atoms with Crippen LogP contribution in [-0.4, -0.2) is 53.2 Å². The molecule has 0 aliphatic carbocycles. The number of carbonyl (C=O) groups excluding carboxylic acids is 1. The third kappa shape index (κ3) is 6.48. The zero-order valence-corrected chi connectivity index (χ0v) is 17.3. The van der Waals surface area contributed by atoms with Crippen molar-refractivity contribution in [1.82, 2.24) is 20.5 Å². The zero-order valence-electron chi connectivity index (χ0n) is 16.5. The van der Waals surface area contributed by atoms with Gasteiger partial charge in [-0.1, -0.05) is 6.92 Å². The number of amides is 1. The predicted molar refractivity (Wildman–Crippen MR) is 106 cm³/mol. The Bertz CT molecular complexity index is 623. The highest BCUT2D eigenvalue weighted by Gasteiger charge is 2.27. The molecule has 0 saturated carbocycles. The maximum atomic E-state index is 12.0. The molecule has 8 heteroatoms. The molecule has 0 radical (unpaired) electrons. The molecule has 0 bridgehead atoms. The van der Waals surface area contributed by atoms with Crippen LogP contribution in [0.25, 0.3) is 0 Å². The van der Waals surface area contributed by atoms with Crippen molar-refractivity contribution < 1.29 is 9.53 Å². The smallest absolute Gasteiger partial charge is 0.407 e. The summed E-state index contributed by atoms with van der Waals surface area (Å²) in [5.41, 5.74) is -0.482. The van der Waals surface area contributed by atoms with Gasteiger partial charge in [-0.2, -0.15) is 0 Å². The minimum absolute atomic E-state index is 0.0697. The molecule has 1 atom stereocenters. The van der Waals surface area contributed by atoms with E-state index in [1.807, 2.05) is 27.0 Å². The molecule has 1 unspecified atom stereocenters. The number of nitrogens with zero attached hydrogens (tertiary/aromatic N) is 3. The Balaban J connectivity index is 1.91. The van der Waals surface area contributed by atoms with Gasteiger partial charge in [0.25, 0.3) is 0 Å². The Morgan fingerprint density at radius 3 is 2.85 bits per heavy atom. The second-order valence-electron chi connectivity index (χ2n) is 7.32. The van der Waals surface area contributed by atoms with E-state index in [4.69, 9.17) is 9.73 Å². The second kappa shape index (κ2) is 9.21. The van der Waals surface area contributed by atoms with E-state index < -0.39 is 5.60 Å². The molecule has 1 aliphatic heterocycles. The van der Waals surface area contributed by atoms with Gasteiger partial charge in [-0.3, -0.25) is 0 Å². The number of rotatable bonds is 5. The Labute approximate surface area is 160 Å². The van der Waals surface area contributed by atoms with E-state index in [-0.39, 0.29) is 12.1 Å². The summed E-state index contributed by atoms with van der Waals surface area (Å²) in [6, 6.07) is 0.0697. The standard InChI is InChI=1S/C18H31N5O2S/c1-6-14-10-20-15(26-14)11-21-16(19-7-2)23-9-8-13(12-23)22-17(24)25-18(3,4)5/h10,13H,6-9,11-12H2,1-5H3,(H,19,21)(H,22,24). The Morgan fingerprint density at radius 1 is 1.46 bits per heavy atom. The summed E-state index contributed by atoms with van der Waals surface area (Å²) >= 11 is 1.71. The number of aliphatic imine (C=N–C) groups is 1. The number of guanidine groups is 1. The summed E-state index contributed by atoms with van der Waals surface area (Å²) in [6.07, 6.45) is 3.45. The quantitative estimate of drug-likeness (QED) is 0.606. The SMILES string of the molecule is CCNC(=NCc1ncc(CC)s1)N1CCC(NC(=O)OC(C)(C)C)C1. The van der Waals surface area contributed by atoms with Crippen LogP contribution < -0.4 is 10.6 Å². The van der Waals surface area contributed by atoms with Crippen LogP contribution in [0.15, 0.2) is 11.2 Å². The zero-order chi connectivity index (χ0) is 19.2. The maximum Gasteiger partial charge on any atom is 0.407 e. The average molecular weight is 382 g/mol. The Kier molecular flexibility index (Phi) is 7.25. The normalized spacial score (nSPS) is 18.1. The van der Waals surface area contributed by atoms with Crippen LogP contribution in [0, 0.1) is 0 Å². The van der Waals surface area contributed by atoms with E-state index >= 15 is 0 Å². The summed E-state index contributed by atoms with van der Waals surface area (Å²) in [4.78, 5) is 24.6. The number of nitrogens with one attached hydrogen (secondary N) is 2. The van der Waals surface area contributed by atoms with Crippen molar-refractivity contribution in [2.24, 2.45) is 4.99 Å². The van der Waals surface area contributed by atoms with Crippen molar-refractivity contribution in [2.75, 3.05) is 19.6 Å². The molecule has 1 amide bonds. The van der Waals surface area contributed by atoms with Gasteiger partial charge in [0.1, 0.15) is 10.6 Å². The molecule has 0 spiro atoms. The first-order chi connectivity index (χ1) is 12.3. The van der Waals surface area contributed by atoms with E-state index in [1.54, 1.807) is 11.3 Å². The molecule has 146 valence electrons. The molecule has 0 aromatic carbocycles. The maximum absolute atomic E-state index is 12.0. The number of aromatic nitrogens is 1. The van der Waals surface area contributed by atoms with Crippen LogP contribution >= 0.6 is 11.3 Å². The third-order valence-corrected chi connectivity index (χ3v) is 4.98. The monoisotopic (exact) mass is 381 g/mol. The number of carbonyl (C=O) groups is 1. The summed E-state index contributed by atoms with van der Waals surface area (Å²) in [7, 11) is 0. The second-order valence-corrected chi connectivity index (χ2v) is 8.52. The molecular weight excluding hydrogens is 350 g/mol. The number of ether oxygens (including phenoxy) is 1.